The Kier molecular flexibility index (Phi) is 6.17. The molecule has 1 heterocycles. The second kappa shape index (κ2) is 9.20. The van der Waals surface area contributed by atoms with Crippen molar-refractivity contribution in [3.05, 3.63) is 116 Å². The lowest BCUT2D eigenvalue weighted by molar-refractivity contribution is 0.0936. The SMILES string of the molecule is CCn1c(=O)c(=O)[nH]c2cc(C(=O)NC(Cc3cccc(F)c3)c3cccc(F)c3)ccc21. The number of nitrogens with one attached hydrogen (secondary N) is 2. The zero-order chi connectivity index (χ0) is 23.5. The number of aromatic amines is 1. The Morgan fingerprint density at radius 2 is 1.73 bits per heavy atom. The van der Waals surface area contributed by atoms with Crippen LogP contribution in [-0.4, -0.2) is 15.5 Å². The number of rotatable bonds is 6. The Morgan fingerprint density at radius 1 is 1.00 bits per heavy atom. The minimum absolute atomic E-state index is 0.243. The molecule has 3 aromatic carbocycles. The van der Waals surface area contributed by atoms with Crippen LogP contribution in [0, 0.1) is 11.6 Å². The molecule has 0 aliphatic heterocycles. The summed E-state index contributed by atoms with van der Waals surface area (Å²) in [4.78, 5) is 39.6. The largest absolute Gasteiger partial charge is 0.345 e. The highest BCUT2D eigenvalue weighted by Crippen LogP contribution is 2.21. The Hall–Kier alpha value is -4.07. The smallest absolute Gasteiger partial charge is 0.316 e. The summed E-state index contributed by atoms with van der Waals surface area (Å²) in [7, 11) is 0. The van der Waals surface area contributed by atoms with Crippen molar-refractivity contribution in [1.29, 1.82) is 0 Å². The van der Waals surface area contributed by atoms with E-state index >= 15 is 0 Å². The molecule has 0 saturated carbocycles. The first-order valence-corrected chi connectivity index (χ1v) is 10.4. The molecule has 1 aromatic heterocycles. The van der Waals surface area contributed by atoms with Crippen molar-refractivity contribution in [3.63, 3.8) is 0 Å². The maximum absolute atomic E-state index is 13.9. The molecular formula is C25H21F2N3O3. The van der Waals surface area contributed by atoms with E-state index in [2.05, 4.69) is 10.3 Å². The molecule has 0 radical (unpaired) electrons. The molecule has 0 fully saturated rings. The second-order valence-electron chi connectivity index (χ2n) is 7.65. The molecular weight excluding hydrogens is 428 g/mol. The van der Waals surface area contributed by atoms with Gasteiger partial charge < -0.3 is 14.9 Å². The molecule has 1 amide bonds. The van der Waals surface area contributed by atoms with Crippen molar-refractivity contribution < 1.29 is 13.6 Å². The molecule has 0 saturated heterocycles. The van der Waals surface area contributed by atoms with Crippen LogP contribution in [-0.2, 0) is 13.0 Å². The Labute approximate surface area is 187 Å². The predicted octanol–water partition coefficient (Wildman–Crippen LogP) is 3.70. The number of benzene rings is 3. The number of amides is 1. The summed E-state index contributed by atoms with van der Waals surface area (Å²) in [5.74, 6) is -1.32. The fourth-order valence-electron chi connectivity index (χ4n) is 3.85. The lowest BCUT2D eigenvalue weighted by Gasteiger charge is -2.20. The Morgan fingerprint density at radius 3 is 2.42 bits per heavy atom. The lowest BCUT2D eigenvalue weighted by Crippen LogP contribution is -2.36. The number of H-pyrrole nitrogens is 1. The quantitative estimate of drug-likeness (QED) is 0.440. The fourth-order valence-corrected chi connectivity index (χ4v) is 3.85. The van der Waals surface area contributed by atoms with E-state index in [-0.39, 0.29) is 12.0 Å². The molecule has 4 aromatic rings. The van der Waals surface area contributed by atoms with Crippen LogP contribution in [0.25, 0.3) is 11.0 Å². The molecule has 0 spiro atoms. The van der Waals surface area contributed by atoms with Gasteiger partial charge in [-0.2, -0.15) is 0 Å². The Balaban J connectivity index is 1.69. The molecule has 2 N–H and O–H groups in total. The van der Waals surface area contributed by atoms with Crippen LogP contribution in [0.15, 0.2) is 76.3 Å². The third-order valence-corrected chi connectivity index (χ3v) is 5.44. The number of carbonyl (C=O) groups excluding carboxylic acids is 1. The van der Waals surface area contributed by atoms with Crippen LogP contribution in [0.1, 0.15) is 34.5 Å². The van der Waals surface area contributed by atoms with E-state index in [1.165, 1.54) is 34.9 Å². The summed E-state index contributed by atoms with van der Waals surface area (Å²) in [5, 5.41) is 2.88. The van der Waals surface area contributed by atoms with Gasteiger partial charge in [0.2, 0.25) is 0 Å². The zero-order valence-electron chi connectivity index (χ0n) is 17.8. The summed E-state index contributed by atoms with van der Waals surface area (Å²) < 4.78 is 28.9. The van der Waals surface area contributed by atoms with Crippen LogP contribution in [0.5, 0.6) is 0 Å². The number of carbonyl (C=O) groups is 1. The van der Waals surface area contributed by atoms with E-state index in [1.807, 2.05) is 0 Å². The van der Waals surface area contributed by atoms with E-state index in [0.29, 0.717) is 28.7 Å². The second-order valence-corrected chi connectivity index (χ2v) is 7.65. The van der Waals surface area contributed by atoms with Gasteiger partial charge in [-0.25, -0.2) is 8.78 Å². The Bertz CT molecular complexity index is 1460. The molecule has 6 nitrogen and oxygen atoms in total. The summed E-state index contributed by atoms with van der Waals surface area (Å²) in [6.45, 7) is 2.05. The van der Waals surface area contributed by atoms with Crippen LogP contribution in [0.4, 0.5) is 8.78 Å². The number of hydrogen-bond acceptors (Lipinski definition) is 3. The lowest BCUT2D eigenvalue weighted by atomic mass is 9.98. The average molecular weight is 449 g/mol. The van der Waals surface area contributed by atoms with E-state index in [1.54, 1.807) is 43.3 Å². The van der Waals surface area contributed by atoms with E-state index in [0.717, 1.165) is 0 Å². The van der Waals surface area contributed by atoms with Gasteiger partial charge in [0.1, 0.15) is 11.6 Å². The first kappa shape index (κ1) is 22.1. The third-order valence-electron chi connectivity index (χ3n) is 5.44. The third kappa shape index (κ3) is 4.74. The van der Waals surface area contributed by atoms with E-state index in [9.17, 15) is 23.2 Å². The monoisotopic (exact) mass is 449 g/mol. The topological polar surface area (TPSA) is 84.0 Å². The molecule has 33 heavy (non-hydrogen) atoms. The highest BCUT2D eigenvalue weighted by molar-refractivity contribution is 5.97. The minimum Gasteiger partial charge on any atom is -0.345 e. The van der Waals surface area contributed by atoms with Gasteiger partial charge in [0, 0.05) is 12.1 Å². The minimum atomic E-state index is -0.773. The standard InChI is InChI=1S/C25H21F2N3O3/c1-2-30-22-10-9-17(14-21(22)29-24(32)25(30)33)23(31)28-20(16-6-4-8-19(27)13-16)12-15-5-3-7-18(26)11-15/h3-11,13-14,20H,2,12H2,1H3,(H,28,31)(H,29,32). The fraction of sp³-hybridized carbons (Fsp3) is 0.160. The molecule has 168 valence electrons. The first-order chi connectivity index (χ1) is 15.9. The van der Waals surface area contributed by atoms with Crippen molar-refractivity contribution in [2.75, 3.05) is 0 Å². The number of aryl methyl sites for hydroxylation is 1. The average Bonchev–Trinajstić information content (AvgIpc) is 2.79. The molecule has 0 aliphatic rings. The van der Waals surface area contributed by atoms with Crippen molar-refractivity contribution >= 4 is 16.9 Å². The normalized spacial score (nSPS) is 12.0. The van der Waals surface area contributed by atoms with Gasteiger partial charge in [0.15, 0.2) is 0 Å². The highest BCUT2D eigenvalue weighted by Gasteiger charge is 2.18. The summed E-state index contributed by atoms with van der Waals surface area (Å²) in [6, 6.07) is 15.8. The van der Waals surface area contributed by atoms with E-state index < -0.39 is 34.7 Å². The van der Waals surface area contributed by atoms with Gasteiger partial charge in [-0.3, -0.25) is 14.4 Å². The molecule has 8 heteroatoms. The first-order valence-electron chi connectivity index (χ1n) is 10.4. The predicted molar refractivity (Wildman–Crippen MR) is 121 cm³/mol. The number of hydrogen-bond donors (Lipinski definition) is 2. The summed E-state index contributed by atoms with van der Waals surface area (Å²) >= 11 is 0. The van der Waals surface area contributed by atoms with Gasteiger partial charge in [0.25, 0.3) is 5.91 Å². The molecule has 1 atom stereocenters. The summed E-state index contributed by atoms with van der Waals surface area (Å²) in [5.41, 5.74) is 0.830. The van der Waals surface area contributed by atoms with Gasteiger partial charge in [-0.1, -0.05) is 24.3 Å². The van der Waals surface area contributed by atoms with Crippen LogP contribution in [0.3, 0.4) is 0 Å². The number of aromatic nitrogens is 2. The van der Waals surface area contributed by atoms with E-state index in [4.69, 9.17) is 0 Å². The maximum Gasteiger partial charge on any atom is 0.316 e. The van der Waals surface area contributed by atoms with Crippen LogP contribution < -0.4 is 16.4 Å². The molecule has 0 bridgehead atoms. The van der Waals surface area contributed by atoms with Gasteiger partial charge in [-0.15, -0.1) is 0 Å². The van der Waals surface area contributed by atoms with Crippen molar-refractivity contribution in [2.45, 2.75) is 25.9 Å². The van der Waals surface area contributed by atoms with Crippen molar-refractivity contribution in [3.8, 4) is 0 Å². The number of fused-ring (bicyclic) bond motifs is 1. The number of halogens is 2. The van der Waals surface area contributed by atoms with Gasteiger partial charge in [0.05, 0.1) is 17.1 Å². The maximum atomic E-state index is 13.9. The molecule has 1 unspecified atom stereocenters. The summed E-state index contributed by atoms with van der Waals surface area (Å²) in [6.07, 6.45) is 0.243. The number of nitrogens with zero attached hydrogens (tertiary/aromatic N) is 1. The molecule has 4 rings (SSSR count). The van der Waals surface area contributed by atoms with Crippen LogP contribution in [0.2, 0.25) is 0 Å². The highest BCUT2D eigenvalue weighted by atomic mass is 19.1. The zero-order valence-corrected chi connectivity index (χ0v) is 17.8. The van der Waals surface area contributed by atoms with Crippen molar-refractivity contribution in [2.24, 2.45) is 0 Å². The van der Waals surface area contributed by atoms with Crippen molar-refractivity contribution in [1.82, 2.24) is 14.9 Å². The van der Waals surface area contributed by atoms with Gasteiger partial charge in [-0.05, 0) is 66.9 Å². The van der Waals surface area contributed by atoms with Gasteiger partial charge >= 0.3 is 11.1 Å². The molecule has 0 aliphatic carbocycles. The van der Waals surface area contributed by atoms with Crippen LogP contribution >= 0.6 is 0 Å².